The van der Waals surface area contributed by atoms with Gasteiger partial charge in [0, 0.05) is 17.8 Å². The molecule has 0 saturated heterocycles. The van der Waals surface area contributed by atoms with Crippen LogP contribution in [0.25, 0.3) is 10.8 Å². The van der Waals surface area contributed by atoms with Crippen molar-refractivity contribution in [3.05, 3.63) is 30.6 Å². The second-order valence-electron chi connectivity index (χ2n) is 3.09. The maximum Gasteiger partial charge on any atom is 0.573 e. The van der Waals surface area contributed by atoms with Gasteiger partial charge in [-0.25, -0.2) is 0 Å². The van der Waals surface area contributed by atoms with Crippen molar-refractivity contribution in [1.82, 2.24) is 4.98 Å². The molecule has 0 unspecified atom stereocenters. The Bertz CT molecular complexity index is 525. The summed E-state index contributed by atoms with van der Waals surface area (Å²) in [7, 11) is 0. The van der Waals surface area contributed by atoms with Gasteiger partial charge in [-0.2, -0.15) is 0 Å². The van der Waals surface area contributed by atoms with E-state index in [0.29, 0.717) is 10.8 Å². The van der Waals surface area contributed by atoms with Gasteiger partial charge in [-0.1, -0.05) is 0 Å². The van der Waals surface area contributed by atoms with Crippen LogP contribution in [0.4, 0.5) is 13.2 Å². The quantitative estimate of drug-likeness (QED) is 0.817. The molecule has 1 heterocycles. The average molecular weight is 229 g/mol. The van der Waals surface area contributed by atoms with Gasteiger partial charge >= 0.3 is 6.36 Å². The van der Waals surface area contributed by atoms with Crippen molar-refractivity contribution < 1.29 is 23.0 Å². The summed E-state index contributed by atoms with van der Waals surface area (Å²) in [5, 5.41) is 10.4. The van der Waals surface area contributed by atoms with Crippen LogP contribution in [0.3, 0.4) is 0 Å². The van der Waals surface area contributed by atoms with Crippen molar-refractivity contribution in [3.63, 3.8) is 0 Å². The van der Waals surface area contributed by atoms with E-state index < -0.39 is 17.9 Å². The molecule has 3 nitrogen and oxygen atoms in total. The number of ether oxygens (including phenoxy) is 1. The van der Waals surface area contributed by atoms with Crippen LogP contribution in [-0.2, 0) is 0 Å². The Balaban J connectivity index is 2.50. The van der Waals surface area contributed by atoms with Crippen molar-refractivity contribution in [2.24, 2.45) is 0 Å². The highest BCUT2D eigenvalue weighted by Gasteiger charge is 2.32. The van der Waals surface area contributed by atoms with Crippen LogP contribution < -0.4 is 4.74 Å². The number of benzene rings is 1. The summed E-state index contributed by atoms with van der Waals surface area (Å²) < 4.78 is 39.6. The molecule has 1 aromatic heterocycles. The third-order valence-electron chi connectivity index (χ3n) is 1.94. The summed E-state index contributed by atoms with van der Waals surface area (Å²) in [6.07, 6.45) is -1.96. The molecule has 16 heavy (non-hydrogen) atoms. The van der Waals surface area contributed by atoms with E-state index in [1.165, 1.54) is 18.5 Å². The van der Waals surface area contributed by atoms with Gasteiger partial charge < -0.3 is 9.84 Å². The Kier molecular flexibility index (Phi) is 2.34. The molecule has 84 valence electrons. The number of rotatable bonds is 1. The van der Waals surface area contributed by atoms with Crippen LogP contribution in [0.1, 0.15) is 0 Å². The van der Waals surface area contributed by atoms with Crippen LogP contribution >= 0.6 is 0 Å². The summed E-state index contributed by atoms with van der Waals surface area (Å²) >= 11 is 0. The topological polar surface area (TPSA) is 42.4 Å². The molecule has 6 heteroatoms. The van der Waals surface area contributed by atoms with Crippen LogP contribution in [0.15, 0.2) is 30.6 Å². The van der Waals surface area contributed by atoms with Gasteiger partial charge in [0.25, 0.3) is 0 Å². The minimum atomic E-state index is -4.83. The number of phenols is 1. The summed E-state index contributed by atoms with van der Waals surface area (Å²) in [5.74, 6) is -1.19. The van der Waals surface area contributed by atoms with Gasteiger partial charge in [0.05, 0.1) is 0 Å². The van der Waals surface area contributed by atoms with Gasteiger partial charge in [-0.05, 0) is 23.6 Å². The lowest BCUT2D eigenvalue weighted by Crippen LogP contribution is -2.17. The molecule has 0 aliphatic carbocycles. The number of hydrogen-bond donors (Lipinski definition) is 1. The zero-order chi connectivity index (χ0) is 11.8. The van der Waals surface area contributed by atoms with Gasteiger partial charge in [0.1, 0.15) is 0 Å². The first-order valence-electron chi connectivity index (χ1n) is 4.28. The first kappa shape index (κ1) is 10.5. The second-order valence-corrected chi connectivity index (χ2v) is 3.09. The monoisotopic (exact) mass is 229 g/mol. The predicted molar refractivity (Wildman–Crippen MR) is 50.1 cm³/mol. The number of alkyl halides is 3. The molecule has 0 radical (unpaired) electrons. The molecular weight excluding hydrogens is 223 g/mol. The first-order valence-corrected chi connectivity index (χ1v) is 4.28. The maximum atomic E-state index is 12.0. The fraction of sp³-hybridized carbons (Fsp3) is 0.100. The Morgan fingerprint density at radius 3 is 2.62 bits per heavy atom. The summed E-state index contributed by atoms with van der Waals surface area (Å²) in [6.45, 7) is 0. The molecule has 0 spiro atoms. The highest BCUT2D eigenvalue weighted by molar-refractivity contribution is 5.85. The van der Waals surface area contributed by atoms with Crippen LogP contribution in [0.2, 0.25) is 0 Å². The van der Waals surface area contributed by atoms with E-state index in [4.69, 9.17) is 0 Å². The average Bonchev–Trinajstić information content (AvgIpc) is 2.17. The molecule has 0 aliphatic rings. The largest absolute Gasteiger partial charge is 0.573 e. The zero-order valence-electron chi connectivity index (χ0n) is 7.82. The SMILES string of the molecule is Oc1cc2ccncc2cc1OC(F)(F)F. The summed E-state index contributed by atoms with van der Waals surface area (Å²) in [5.41, 5.74) is 0. The normalized spacial score (nSPS) is 11.7. The maximum absolute atomic E-state index is 12.0. The Hall–Kier alpha value is -1.98. The molecule has 0 atom stereocenters. The molecule has 2 rings (SSSR count). The Morgan fingerprint density at radius 2 is 1.94 bits per heavy atom. The molecule has 2 aromatic rings. The van der Waals surface area contributed by atoms with E-state index in [-0.39, 0.29) is 0 Å². The first-order chi connectivity index (χ1) is 7.46. The highest BCUT2D eigenvalue weighted by atomic mass is 19.4. The molecule has 1 aromatic carbocycles. The minimum absolute atomic E-state index is 0.458. The van der Waals surface area contributed by atoms with Crippen molar-refractivity contribution in [2.45, 2.75) is 6.36 Å². The molecule has 0 amide bonds. The molecule has 0 fully saturated rings. The minimum Gasteiger partial charge on any atom is -0.504 e. The number of aromatic hydroxyl groups is 1. The molecule has 1 N–H and O–H groups in total. The van der Waals surface area contributed by atoms with E-state index in [9.17, 15) is 18.3 Å². The number of halogens is 3. The van der Waals surface area contributed by atoms with E-state index >= 15 is 0 Å². The summed E-state index contributed by atoms with van der Waals surface area (Å²) in [4.78, 5) is 3.76. The number of fused-ring (bicyclic) bond motifs is 1. The highest BCUT2D eigenvalue weighted by Crippen LogP contribution is 2.34. The molecule has 0 bridgehead atoms. The molecule has 0 aliphatic heterocycles. The van der Waals surface area contributed by atoms with E-state index in [1.807, 2.05) is 0 Å². The Morgan fingerprint density at radius 1 is 1.19 bits per heavy atom. The van der Waals surface area contributed by atoms with Crippen LogP contribution in [-0.4, -0.2) is 16.5 Å². The van der Waals surface area contributed by atoms with E-state index in [0.717, 1.165) is 6.07 Å². The smallest absolute Gasteiger partial charge is 0.504 e. The second kappa shape index (κ2) is 3.55. The third-order valence-corrected chi connectivity index (χ3v) is 1.94. The molecular formula is C10H6F3NO2. The fourth-order valence-electron chi connectivity index (χ4n) is 1.31. The van der Waals surface area contributed by atoms with Gasteiger partial charge in [-0.3, -0.25) is 4.98 Å². The van der Waals surface area contributed by atoms with Crippen molar-refractivity contribution >= 4 is 10.8 Å². The number of nitrogens with zero attached hydrogens (tertiary/aromatic N) is 1. The number of hydrogen-bond acceptors (Lipinski definition) is 3. The van der Waals surface area contributed by atoms with Crippen molar-refractivity contribution in [2.75, 3.05) is 0 Å². The van der Waals surface area contributed by atoms with Crippen molar-refractivity contribution in [1.29, 1.82) is 0 Å². The van der Waals surface area contributed by atoms with E-state index in [2.05, 4.69) is 9.72 Å². The number of phenolic OH excluding ortho intramolecular Hbond substituents is 1. The van der Waals surface area contributed by atoms with Crippen LogP contribution in [0.5, 0.6) is 11.5 Å². The van der Waals surface area contributed by atoms with Gasteiger partial charge in [0.2, 0.25) is 0 Å². The van der Waals surface area contributed by atoms with Crippen molar-refractivity contribution in [3.8, 4) is 11.5 Å². The lowest BCUT2D eigenvalue weighted by Gasteiger charge is -2.10. The fourth-order valence-corrected chi connectivity index (χ4v) is 1.31. The standard InChI is InChI=1S/C10H6F3NO2/c11-10(12,13)16-9-4-7-5-14-2-1-6(7)3-8(9)15/h1-5,15H. The van der Waals surface area contributed by atoms with Crippen LogP contribution in [0, 0.1) is 0 Å². The van der Waals surface area contributed by atoms with E-state index in [1.54, 1.807) is 6.07 Å². The lowest BCUT2D eigenvalue weighted by molar-refractivity contribution is -0.275. The zero-order valence-corrected chi connectivity index (χ0v) is 7.82. The third kappa shape index (κ3) is 2.16. The number of pyridine rings is 1. The predicted octanol–water partition coefficient (Wildman–Crippen LogP) is 2.84. The Labute approximate surface area is 88.1 Å². The molecule has 0 saturated carbocycles. The number of aromatic nitrogens is 1. The lowest BCUT2D eigenvalue weighted by atomic mass is 10.1. The van der Waals surface area contributed by atoms with Gasteiger partial charge in [-0.15, -0.1) is 13.2 Å². The van der Waals surface area contributed by atoms with Gasteiger partial charge in [0.15, 0.2) is 11.5 Å². The summed E-state index contributed by atoms with van der Waals surface area (Å²) in [6, 6.07) is 3.86.